The number of phenolic OH excluding ortho intramolecular Hbond substituents is 2. The molecule has 1 radical (unpaired) electrons. The molecule has 0 fully saturated rings. The second-order valence-electron chi connectivity index (χ2n) is 3.20. The molecule has 2 rings (SSSR count). The minimum Gasteiger partial charge on any atom is -0.507 e. The Labute approximate surface area is 91.3 Å². The van der Waals surface area contributed by atoms with E-state index < -0.39 is 15.9 Å². The maximum absolute atomic E-state index is 11.1. The van der Waals surface area contributed by atoms with E-state index >= 15 is 0 Å². The van der Waals surface area contributed by atoms with Gasteiger partial charge >= 0.3 is 0 Å². The predicted molar refractivity (Wildman–Crippen MR) is 55.9 cm³/mol. The minimum absolute atomic E-state index is 0.0405. The summed E-state index contributed by atoms with van der Waals surface area (Å²) in [6.45, 7) is 0. The van der Waals surface area contributed by atoms with E-state index in [4.69, 9.17) is 4.55 Å². The van der Waals surface area contributed by atoms with E-state index in [0.717, 1.165) is 6.07 Å². The molecule has 83 valence electrons. The van der Waals surface area contributed by atoms with Crippen LogP contribution in [0.25, 0.3) is 10.8 Å². The fourth-order valence-electron chi connectivity index (χ4n) is 1.49. The minimum atomic E-state index is -4.40. The molecular weight excluding hydrogens is 232 g/mol. The molecule has 0 aliphatic heterocycles. The molecule has 5 nitrogen and oxygen atoms in total. The number of hydrogen-bond acceptors (Lipinski definition) is 4. The monoisotopic (exact) mass is 239 g/mol. The third-order valence-electron chi connectivity index (χ3n) is 2.13. The van der Waals surface area contributed by atoms with E-state index in [1.54, 1.807) is 0 Å². The van der Waals surface area contributed by atoms with Crippen molar-refractivity contribution in [1.82, 2.24) is 0 Å². The van der Waals surface area contributed by atoms with Gasteiger partial charge in [-0.2, -0.15) is 8.42 Å². The molecule has 0 aliphatic carbocycles. The third-order valence-corrected chi connectivity index (χ3v) is 3.04. The van der Waals surface area contributed by atoms with Gasteiger partial charge in [-0.3, -0.25) is 4.55 Å². The van der Waals surface area contributed by atoms with Crippen LogP contribution in [0.3, 0.4) is 0 Å². The van der Waals surface area contributed by atoms with Crippen molar-refractivity contribution in [3.63, 3.8) is 0 Å². The molecule has 0 bridgehead atoms. The summed E-state index contributed by atoms with van der Waals surface area (Å²) in [7, 11) is -4.40. The Kier molecular flexibility index (Phi) is 2.25. The van der Waals surface area contributed by atoms with Crippen LogP contribution in [-0.4, -0.2) is 23.2 Å². The molecule has 0 atom stereocenters. The van der Waals surface area contributed by atoms with Gasteiger partial charge in [0.1, 0.15) is 16.4 Å². The molecule has 0 unspecified atom stereocenters. The summed E-state index contributed by atoms with van der Waals surface area (Å²) in [6.07, 6.45) is 0. The smallest absolute Gasteiger partial charge is 0.295 e. The summed E-state index contributed by atoms with van der Waals surface area (Å²) < 4.78 is 31.1. The Hall–Kier alpha value is -1.79. The van der Waals surface area contributed by atoms with Gasteiger partial charge in [0.25, 0.3) is 10.1 Å². The van der Waals surface area contributed by atoms with E-state index in [-0.39, 0.29) is 21.4 Å². The lowest BCUT2D eigenvalue weighted by Gasteiger charge is -2.05. The molecule has 0 aromatic heterocycles. The highest BCUT2D eigenvalue weighted by Crippen LogP contribution is 2.32. The van der Waals surface area contributed by atoms with Crippen LogP contribution in [0.1, 0.15) is 0 Å². The summed E-state index contributed by atoms with van der Waals surface area (Å²) in [4.78, 5) is -0.371. The normalized spacial score (nSPS) is 11.8. The Morgan fingerprint density at radius 1 is 1.12 bits per heavy atom. The summed E-state index contributed by atoms with van der Waals surface area (Å²) in [6, 6.07) is 7.34. The van der Waals surface area contributed by atoms with Crippen LogP contribution in [0, 0.1) is 6.07 Å². The number of rotatable bonds is 1. The summed E-state index contributed by atoms with van der Waals surface area (Å²) >= 11 is 0. The number of aromatic hydroxyl groups is 2. The molecular formula is C10H7O5S. The topological polar surface area (TPSA) is 94.8 Å². The average Bonchev–Trinajstić information content (AvgIpc) is 2.15. The summed E-state index contributed by atoms with van der Waals surface area (Å²) in [5.74, 6) is -0.776. The molecule has 0 saturated carbocycles. The largest absolute Gasteiger partial charge is 0.507 e. The third kappa shape index (κ3) is 1.68. The first-order valence-corrected chi connectivity index (χ1v) is 5.68. The molecule has 0 spiro atoms. The highest BCUT2D eigenvalue weighted by atomic mass is 32.2. The predicted octanol–water partition coefficient (Wildman–Crippen LogP) is 1.30. The highest BCUT2D eigenvalue weighted by Gasteiger charge is 2.15. The average molecular weight is 239 g/mol. The first kappa shape index (κ1) is 10.7. The lowest BCUT2D eigenvalue weighted by atomic mass is 10.1. The number of benzene rings is 2. The fourth-order valence-corrected chi connectivity index (χ4v) is 2.18. The quantitative estimate of drug-likeness (QED) is 0.652. The molecule has 16 heavy (non-hydrogen) atoms. The highest BCUT2D eigenvalue weighted by molar-refractivity contribution is 7.86. The second kappa shape index (κ2) is 3.36. The number of fused-ring (bicyclic) bond motifs is 1. The van der Waals surface area contributed by atoms with Crippen molar-refractivity contribution in [2.45, 2.75) is 4.90 Å². The van der Waals surface area contributed by atoms with Crippen LogP contribution in [0.4, 0.5) is 0 Å². The van der Waals surface area contributed by atoms with Gasteiger partial charge < -0.3 is 10.2 Å². The lowest BCUT2D eigenvalue weighted by molar-refractivity contribution is 0.453. The van der Waals surface area contributed by atoms with Crippen LogP contribution in [0.5, 0.6) is 11.5 Å². The standard InChI is InChI=1S/C10H7O5S/c11-6-4-8-7(9(12)5-6)2-1-3-10(8)16(13,14)15/h1-4,11-12H,(H,13,14,15). The van der Waals surface area contributed by atoms with E-state index in [0.29, 0.717) is 0 Å². The Morgan fingerprint density at radius 3 is 2.44 bits per heavy atom. The zero-order valence-corrected chi connectivity index (χ0v) is 8.69. The maximum atomic E-state index is 11.1. The van der Waals surface area contributed by atoms with E-state index in [9.17, 15) is 18.6 Å². The van der Waals surface area contributed by atoms with Gasteiger partial charge in [-0.25, -0.2) is 0 Å². The molecule has 0 aliphatic rings. The van der Waals surface area contributed by atoms with Crippen molar-refractivity contribution in [3.8, 4) is 11.5 Å². The number of phenols is 2. The van der Waals surface area contributed by atoms with Crippen LogP contribution < -0.4 is 0 Å². The summed E-state index contributed by atoms with van der Waals surface area (Å²) in [5.41, 5.74) is 0. The van der Waals surface area contributed by atoms with Crippen LogP contribution in [0.15, 0.2) is 29.2 Å². The van der Waals surface area contributed by atoms with Crippen molar-refractivity contribution in [3.05, 3.63) is 30.3 Å². The van der Waals surface area contributed by atoms with Gasteiger partial charge in [-0.1, -0.05) is 12.1 Å². The molecule has 3 N–H and O–H groups in total. The van der Waals surface area contributed by atoms with Crippen LogP contribution in [-0.2, 0) is 10.1 Å². The first-order valence-electron chi connectivity index (χ1n) is 4.24. The van der Waals surface area contributed by atoms with Gasteiger partial charge in [0.15, 0.2) is 0 Å². The van der Waals surface area contributed by atoms with E-state index in [1.165, 1.54) is 18.2 Å². The fraction of sp³-hybridized carbons (Fsp3) is 0. The second-order valence-corrected chi connectivity index (χ2v) is 4.59. The zero-order valence-electron chi connectivity index (χ0n) is 7.88. The van der Waals surface area contributed by atoms with Crippen LogP contribution in [0.2, 0.25) is 0 Å². The van der Waals surface area contributed by atoms with Gasteiger partial charge in [0.05, 0.1) is 6.07 Å². The molecule has 2 aromatic carbocycles. The number of hydrogen-bond donors (Lipinski definition) is 3. The Bertz CT molecular complexity index is 660. The van der Waals surface area contributed by atoms with Gasteiger partial charge in [0.2, 0.25) is 0 Å². The van der Waals surface area contributed by atoms with Crippen LogP contribution >= 0.6 is 0 Å². The molecule has 0 amide bonds. The van der Waals surface area contributed by atoms with E-state index in [1.807, 2.05) is 0 Å². The Balaban J connectivity index is 2.98. The van der Waals surface area contributed by atoms with Crippen molar-refractivity contribution in [2.75, 3.05) is 0 Å². The van der Waals surface area contributed by atoms with Crippen molar-refractivity contribution in [1.29, 1.82) is 0 Å². The van der Waals surface area contributed by atoms with Crippen molar-refractivity contribution >= 4 is 20.9 Å². The lowest BCUT2D eigenvalue weighted by Crippen LogP contribution is -1.98. The van der Waals surface area contributed by atoms with Gasteiger partial charge in [0, 0.05) is 10.8 Å². The maximum Gasteiger partial charge on any atom is 0.295 e. The van der Waals surface area contributed by atoms with Gasteiger partial charge in [-0.15, -0.1) is 0 Å². The molecule has 6 heteroatoms. The zero-order chi connectivity index (χ0) is 11.9. The van der Waals surface area contributed by atoms with Gasteiger partial charge in [-0.05, 0) is 12.1 Å². The van der Waals surface area contributed by atoms with Crippen molar-refractivity contribution in [2.24, 2.45) is 0 Å². The molecule has 2 aromatic rings. The molecule has 0 heterocycles. The SMILES string of the molecule is O=S(=O)(O)c1cccc2c(O)[c]c(O)cc12. The first-order chi connectivity index (χ1) is 7.39. The van der Waals surface area contributed by atoms with Crippen molar-refractivity contribution < 1.29 is 23.2 Å². The van der Waals surface area contributed by atoms with E-state index in [2.05, 4.69) is 6.07 Å². The Morgan fingerprint density at radius 2 is 1.81 bits per heavy atom. The summed E-state index contributed by atoms with van der Waals surface area (Å²) in [5, 5.41) is 18.9. The molecule has 0 saturated heterocycles.